The average molecular weight is 256 g/mol. The first-order chi connectivity index (χ1) is 8.13. The fraction of sp³-hybridized carbons (Fsp3) is 0.769. The molecule has 0 aromatic carbocycles. The second-order valence-electron chi connectivity index (χ2n) is 5.23. The maximum absolute atomic E-state index is 6.39. The van der Waals surface area contributed by atoms with Gasteiger partial charge in [-0.25, -0.2) is 0 Å². The molecule has 1 aromatic rings. The molecule has 1 fully saturated rings. The summed E-state index contributed by atoms with van der Waals surface area (Å²) < 4.78 is 1.82. The third kappa shape index (κ3) is 2.66. The summed E-state index contributed by atoms with van der Waals surface area (Å²) in [7, 11) is 1.92. The molecule has 0 bridgehead atoms. The predicted octanol–water partition coefficient (Wildman–Crippen LogP) is 3.29. The minimum atomic E-state index is 0.0318. The Labute approximate surface area is 108 Å². The van der Waals surface area contributed by atoms with Crippen LogP contribution in [0.3, 0.4) is 0 Å². The highest BCUT2D eigenvalue weighted by atomic mass is 35.5. The molecule has 1 aliphatic rings. The molecule has 1 aromatic heterocycles. The minimum absolute atomic E-state index is 0.0318. The van der Waals surface area contributed by atoms with Crippen molar-refractivity contribution >= 4 is 11.6 Å². The van der Waals surface area contributed by atoms with Crippen LogP contribution in [0.15, 0.2) is 6.20 Å². The van der Waals surface area contributed by atoms with Gasteiger partial charge in [0.2, 0.25) is 0 Å². The summed E-state index contributed by atoms with van der Waals surface area (Å²) in [5.74, 6) is 1.40. The van der Waals surface area contributed by atoms with Crippen LogP contribution in [0.2, 0.25) is 5.02 Å². The van der Waals surface area contributed by atoms with Gasteiger partial charge in [-0.3, -0.25) is 4.68 Å². The van der Waals surface area contributed by atoms with Gasteiger partial charge in [0.15, 0.2) is 0 Å². The summed E-state index contributed by atoms with van der Waals surface area (Å²) in [5.41, 5.74) is 7.38. The SMILES string of the molecule is CCC1CCCC(C(N)c2c(Cl)cnn2C)C1. The Bertz CT molecular complexity index is 355. The zero-order chi connectivity index (χ0) is 12.4. The standard InChI is InChI=1S/C13H22ClN3/c1-3-9-5-4-6-10(7-9)12(15)13-11(14)8-16-17(13)2/h8-10,12H,3-7,15H2,1-2H3. The Morgan fingerprint density at radius 2 is 2.35 bits per heavy atom. The molecule has 17 heavy (non-hydrogen) atoms. The Morgan fingerprint density at radius 3 is 2.94 bits per heavy atom. The van der Waals surface area contributed by atoms with Crippen molar-refractivity contribution in [2.24, 2.45) is 24.6 Å². The molecule has 2 rings (SSSR count). The summed E-state index contributed by atoms with van der Waals surface area (Å²) >= 11 is 6.17. The van der Waals surface area contributed by atoms with Crippen molar-refractivity contribution in [3.63, 3.8) is 0 Å². The fourth-order valence-electron chi connectivity index (χ4n) is 3.05. The van der Waals surface area contributed by atoms with E-state index in [1.54, 1.807) is 6.20 Å². The van der Waals surface area contributed by atoms with Gasteiger partial charge in [0.25, 0.3) is 0 Å². The van der Waals surface area contributed by atoms with Crippen molar-refractivity contribution in [2.45, 2.75) is 45.1 Å². The maximum atomic E-state index is 6.39. The topological polar surface area (TPSA) is 43.8 Å². The van der Waals surface area contributed by atoms with Gasteiger partial charge in [-0.15, -0.1) is 0 Å². The lowest BCUT2D eigenvalue weighted by atomic mass is 9.76. The number of aryl methyl sites for hydroxylation is 1. The summed E-state index contributed by atoms with van der Waals surface area (Å²) in [5, 5.41) is 4.88. The van der Waals surface area contributed by atoms with E-state index in [1.807, 2.05) is 11.7 Å². The van der Waals surface area contributed by atoms with Crippen LogP contribution in [-0.2, 0) is 7.05 Å². The van der Waals surface area contributed by atoms with Crippen molar-refractivity contribution in [3.8, 4) is 0 Å². The van der Waals surface area contributed by atoms with E-state index >= 15 is 0 Å². The third-order valence-corrected chi connectivity index (χ3v) is 4.45. The molecule has 0 saturated heterocycles. The second kappa shape index (κ2) is 5.40. The quantitative estimate of drug-likeness (QED) is 0.901. The monoisotopic (exact) mass is 255 g/mol. The molecule has 0 aliphatic heterocycles. The Morgan fingerprint density at radius 1 is 1.59 bits per heavy atom. The van der Waals surface area contributed by atoms with Gasteiger partial charge < -0.3 is 5.73 Å². The summed E-state index contributed by atoms with van der Waals surface area (Å²) in [6.45, 7) is 2.27. The number of aromatic nitrogens is 2. The van der Waals surface area contributed by atoms with E-state index in [9.17, 15) is 0 Å². The molecule has 96 valence electrons. The van der Waals surface area contributed by atoms with E-state index in [0.29, 0.717) is 10.9 Å². The summed E-state index contributed by atoms with van der Waals surface area (Å²) in [6.07, 6.45) is 8.07. The van der Waals surface area contributed by atoms with Crippen molar-refractivity contribution in [2.75, 3.05) is 0 Å². The lowest BCUT2D eigenvalue weighted by molar-refractivity contribution is 0.226. The van der Waals surface area contributed by atoms with E-state index in [-0.39, 0.29) is 6.04 Å². The lowest BCUT2D eigenvalue weighted by Crippen LogP contribution is -2.28. The van der Waals surface area contributed by atoms with E-state index in [2.05, 4.69) is 12.0 Å². The lowest BCUT2D eigenvalue weighted by Gasteiger charge is -2.32. The molecule has 3 atom stereocenters. The molecular weight excluding hydrogens is 234 g/mol. The van der Waals surface area contributed by atoms with Crippen molar-refractivity contribution in [3.05, 3.63) is 16.9 Å². The molecule has 0 radical (unpaired) electrons. The van der Waals surface area contributed by atoms with Crippen LogP contribution >= 0.6 is 11.6 Å². The molecule has 4 heteroatoms. The van der Waals surface area contributed by atoms with Gasteiger partial charge in [0.05, 0.1) is 23.0 Å². The Hall–Kier alpha value is -0.540. The summed E-state index contributed by atoms with van der Waals surface area (Å²) in [4.78, 5) is 0. The second-order valence-corrected chi connectivity index (χ2v) is 5.64. The minimum Gasteiger partial charge on any atom is -0.322 e. The van der Waals surface area contributed by atoms with E-state index in [0.717, 1.165) is 11.6 Å². The Balaban J connectivity index is 2.11. The third-order valence-electron chi connectivity index (χ3n) is 4.16. The van der Waals surface area contributed by atoms with Crippen LogP contribution in [0.25, 0.3) is 0 Å². The number of halogens is 1. The van der Waals surface area contributed by atoms with Crippen LogP contribution in [-0.4, -0.2) is 9.78 Å². The van der Waals surface area contributed by atoms with E-state index < -0.39 is 0 Å². The zero-order valence-electron chi connectivity index (χ0n) is 10.7. The van der Waals surface area contributed by atoms with E-state index in [4.69, 9.17) is 17.3 Å². The molecule has 1 saturated carbocycles. The smallest absolute Gasteiger partial charge is 0.0834 e. The van der Waals surface area contributed by atoms with Crippen molar-refractivity contribution in [1.29, 1.82) is 0 Å². The number of rotatable bonds is 3. The molecule has 1 heterocycles. The van der Waals surface area contributed by atoms with Gasteiger partial charge in [0, 0.05) is 7.05 Å². The van der Waals surface area contributed by atoms with Crippen LogP contribution in [0.4, 0.5) is 0 Å². The first-order valence-electron chi connectivity index (χ1n) is 6.56. The fourth-order valence-corrected chi connectivity index (χ4v) is 3.34. The van der Waals surface area contributed by atoms with Gasteiger partial charge >= 0.3 is 0 Å². The van der Waals surface area contributed by atoms with Crippen LogP contribution in [0, 0.1) is 11.8 Å². The highest BCUT2D eigenvalue weighted by molar-refractivity contribution is 6.31. The molecule has 2 N–H and O–H groups in total. The highest BCUT2D eigenvalue weighted by Crippen LogP contribution is 2.38. The summed E-state index contributed by atoms with van der Waals surface area (Å²) in [6, 6.07) is 0.0318. The molecular formula is C13H22ClN3. The van der Waals surface area contributed by atoms with Gasteiger partial charge in [0.1, 0.15) is 0 Å². The molecule has 3 unspecified atom stereocenters. The normalized spacial score (nSPS) is 27.1. The van der Waals surface area contributed by atoms with Gasteiger partial charge in [-0.2, -0.15) is 5.10 Å². The molecule has 3 nitrogen and oxygen atoms in total. The maximum Gasteiger partial charge on any atom is 0.0834 e. The van der Waals surface area contributed by atoms with Crippen molar-refractivity contribution < 1.29 is 0 Å². The highest BCUT2D eigenvalue weighted by Gasteiger charge is 2.29. The predicted molar refractivity (Wildman–Crippen MR) is 70.9 cm³/mol. The number of nitrogens with two attached hydrogens (primary N) is 1. The van der Waals surface area contributed by atoms with Gasteiger partial charge in [-0.1, -0.05) is 37.8 Å². The van der Waals surface area contributed by atoms with Crippen LogP contribution < -0.4 is 5.73 Å². The van der Waals surface area contributed by atoms with E-state index in [1.165, 1.54) is 32.1 Å². The first-order valence-corrected chi connectivity index (χ1v) is 6.94. The largest absolute Gasteiger partial charge is 0.322 e. The van der Waals surface area contributed by atoms with Crippen molar-refractivity contribution in [1.82, 2.24) is 9.78 Å². The molecule has 1 aliphatic carbocycles. The number of hydrogen-bond donors (Lipinski definition) is 1. The number of nitrogens with zero attached hydrogens (tertiary/aromatic N) is 2. The zero-order valence-corrected chi connectivity index (χ0v) is 11.5. The molecule has 0 amide bonds. The van der Waals surface area contributed by atoms with Crippen LogP contribution in [0.5, 0.6) is 0 Å². The first kappa shape index (κ1) is 12.9. The Kier molecular flexibility index (Phi) is 4.10. The molecule has 0 spiro atoms. The number of hydrogen-bond acceptors (Lipinski definition) is 2. The van der Waals surface area contributed by atoms with Gasteiger partial charge in [-0.05, 0) is 24.7 Å². The van der Waals surface area contributed by atoms with Crippen LogP contribution in [0.1, 0.15) is 50.8 Å². The average Bonchev–Trinajstić information content (AvgIpc) is 2.68.